The highest BCUT2D eigenvalue weighted by Gasteiger charge is 2.29. The van der Waals surface area contributed by atoms with E-state index in [1.54, 1.807) is 24.3 Å². The van der Waals surface area contributed by atoms with Crippen molar-refractivity contribution in [3.05, 3.63) is 24.3 Å². The lowest BCUT2D eigenvalue weighted by Gasteiger charge is -2.21. The molecule has 0 radical (unpaired) electrons. The highest BCUT2D eigenvalue weighted by Crippen LogP contribution is 2.16. The van der Waals surface area contributed by atoms with Crippen LogP contribution in [0.2, 0.25) is 0 Å². The van der Waals surface area contributed by atoms with E-state index in [0.717, 1.165) is 4.90 Å². The first-order valence-electron chi connectivity index (χ1n) is 5.68. The van der Waals surface area contributed by atoms with Gasteiger partial charge in [0.15, 0.2) is 0 Å². The van der Waals surface area contributed by atoms with E-state index in [9.17, 15) is 18.3 Å². The lowest BCUT2D eigenvalue weighted by molar-refractivity contribution is -0.145. The molecule has 0 saturated heterocycles. The van der Waals surface area contributed by atoms with Crippen LogP contribution in [-0.4, -0.2) is 49.0 Å². The molecule has 0 saturated carbocycles. The summed E-state index contributed by atoms with van der Waals surface area (Å²) in [4.78, 5) is 0.997. The molecular formula is C12H17F3N2O2. The van der Waals surface area contributed by atoms with E-state index in [4.69, 9.17) is 10.5 Å². The monoisotopic (exact) mass is 278 g/mol. The number of benzene rings is 1. The first-order valence-corrected chi connectivity index (χ1v) is 5.68. The first kappa shape index (κ1) is 15.6. The quantitative estimate of drug-likeness (QED) is 0.774. The van der Waals surface area contributed by atoms with Crippen molar-refractivity contribution in [3.63, 3.8) is 0 Å². The second-order valence-electron chi connectivity index (χ2n) is 4.35. The minimum Gasteiger partial charge on any atom is -0.491 e. The van der Waals surface area contributed by atoms with Gasteiger partial charge in [-0.05, 0) is 31.3 Å². The van der Waals surface area contributed by atoms with Crippen molar-refractivity contribution in [2.24, 2.45) is 0 Å². The van der Waals surface area contributed by atoms with Crippen LogP contribution < -0.4 is 10.5 Å². The molecule has 1 unspecified atom stereocenters. The molecule has 0 amide bonds. The highest BCUT2D eigenvalue weighted by atomic mass is 19.4. The lowest BCUT2D eigenvalue weighted by Crippen LogP contribution is -2.38. The van der Waals surface area contributed by atoms with E-state index in [1.807, 2.05) is 0 Å². The van der Waals surface area contributed by atoms with Gasteiger partial charge in [-0.3, -0.25) is 4.90 Å². The molecule has 1 aromatic carbocycles. The second kappa shape index (κ2) is 6.63. The summed E-state index contributed by atoms with van der Waals surface area (Å²) >= 11 is 0. The Hall–Kier alpha value is -1.47. The predicted octanol–water partition coefficient (Wildman–Crippen LogP) is 1.50. The highest BCUT2D eigenvalue weighted by molar-refractivity contribution is 5.41. The molecule has 0 spiro atoms. The Balaban J connectivity index is 2.31. The molecule has 1 atom stereocenters. The number of hydrogen-bond acceptors (Lipinski definition) is 4. The van der Waals surface area contributed by atoms with Crippen molar-refractivity contribution in [2.45, 2.75) is 12.3 Å². The number of hydrogen-bond donors (Lipinski definition) is 2. The molecule has 3 N–H and O–H groups in total. The average molecular weight is 278 g/mol. The van der Waals surface area contributed by atoms with E-state index >= 15 is 0 Å². The summed E-state index contributed by atoms with van der Waals surface area (Å²) in [6, 6.07) is 6.53. The van der Waals surface area contributed by atoms with Gasteiger partial charge in [-0.15, -0.1) is 0 Å². The third kappa shape index (κ3) is 6.88. The van der Waals surface area contributed by atoms with Gasteiger partial charge < -0.3 is 15.6 Å². The molecule has 0 aliphatic heterocycles. The standard InChI is InChI=1S/C12H17F3N2O2/c1-17(8-12(13,14)15)6-10(18)7-19-11-4-2-9(16)3-5-11/h2-5,10,18H,6-8,16H2,1H3. The number of nitrogens with zero attached hydrogens (tertiary/aromatic N) is 1. The molecule has 0 fully saturated rings. The number of halogens is 3. The fourth-order valence-electron chi connectivity index (χ4n) is 1.54. The number of rotatable bonds is 6. The summed E-state index contributed by atoms with van der Waals surface area (Å²) in [5.74, 6) is 0.506. The van der Waals surface area contributed by atoms with E-state index in [-0.39, 0.29) is 13.2 Å². The number of nitrogens with two attached hydrogens (primary N) is 1. The first-order chi connectivity index (χ1) is 8.76. The molecule has 7 heteroatoms. The maximum absolute atomic E-state index is 12.1. The SMILES string of the molecule is CN(CC(O)COc1ccc(N)cc1)CC(F)(F)F. The van der Waals surface area contributed by atoms with Crippen LogP contribution in [0.25, 0.3) is 0 Å². The Morgan fingerprint density at radius 3 is 2.42 bits per heavy atom. The van der Waals surface area contributed by atoms with Crippen LogP contribution in [0, 0.1) is 0 Å². The zero-order chi connectivity index (χ0) is 14.5. The van der Waals surface area contributed by atoms with Gasteiger partial charge in [-0.2, -0.15) is 13.2 Å². The molecule has 19 heavy (non-hydrogen) atoms. The van der Waals surface area contributed by atoms with Crippen molar-refractivity contribution in [1.82, 2.24) is 4.90 Å². The topological polar surface area (TPSA) is 58.7 Å². The van der Waals surface area contributed by atoms with Crippen molar-refractivity contribution in [1.29, 1.82) is 0 Å². The summed E-state index contributed by atoms with van der Waals surface area (Å²) in [6.07, 6.45) is -5.27. The number of likely N-dealkylation sites (N-methyl/N-ethyl adjacent to an activating group) is 1. The Labute approximate surface area is 109 Å². The van der Waals surface area contributed by atoms with Crippen LogP contribution in [-0.2, 0) is 0 Å². The Morgan fingerprint density at radius 1 is 1.32 bits per heavy atom. The summed E-state index contributed by atoms with van der Waals surface area (Å²) < 4.78 is 41.5. The predicted molar refractivity (Wildman–Crippen MR) is 65.9 cm³/mol. The lowest BCUT2D eigenvalue weighted by atomic mass is 10.3. The van der Waals surface area contributed by atoms with Crippen molar-refractivity contribution in [3.8, 4) is 5.75 Å². The fourth-order valence-corrected chi connectivity index (χ4v) is 1.54. The van der Waals surface area contributed by atoms with Crippen LogP contribution in [0.3, 0.4) is 0 Å². The van der Waals surface area contributed by atoms with Gasteiger partial charge in [0.25, 0.3) is 0 Å². The molecule has 1 aromatic rings. The molecule has 4 nitrogen and oxygen atoms in total. The Morgan fingerprint density at radius 2 is 1.89 bits per heavy atom. The Kier molecular flexibility index (Phi) is 5.44. The summed E-state index contributed by atoms with van der Waals surface area (Å²) in [5, 5.41) is 9.57. The van der Waals surface area contributed by atoms with E-state index in [0.29, 0.717) is 11.4 Å². The maximum atomic E-state index is 12.1. The van der Waals surface area contributed by atoms with Crippen LogP contribution in [0.4, 0.5) is 18.9 Å². The Bertz CT molecular complexity index is 382. The van der Waals surface area contributed by atoms with Gasteiger partial charge in [0.05, 0.1) is 6.54 Å². The van der Waals surface area contributed by atoms with Crippen molar-refractivity contribution >= 4 is 5.69 Å². The van der Waals surface area contributed by atoms with Gasteiger partial charge in [-0.1, -0.05) is 0 Å². The number of aliphatic hydroxyl groups is 1. The maximum Gasteiger partial charge on any atom is 0.401 e. The third-order valence-electron chi connectivity index (χ3n) is 2.29. The van der Waals surface area contributed by atoms with E-state index in [1.165, 1.54) is 7.05 Å². The zero-order valence-electron chi connectivity index (χ0n) is 10.5. The van der Waals surface area contributed by atoms with Gasteiger partial charge in [-0.25, -0.2) is 0 Å². The normalized spacial score (nSPS) is 13.6. The van der Waals surface area contributed by atoms with Crippen LogP contribution >= 0.6 is 0 Å². The van der Waals surface area contributed by atoms with Crippen LogP contribution in [0.5, 0.6) is 5.75 Å². The third-order valence-corrected chi connectivity index (χ3v) is 2.29. The number of nitrogen functional groups attached to an aromatic ring is 1. The largest absolute Gasteiger partial charge is 0.491 e. The van der Waals surface area contributed by atoms with E-state index < -0.39 is 18.8 Å². The molecule has 0 heterocycles. The van der Waals surface area contributed by atoms with Crippen molar-refractivity contribution in [2.75, 3.05) is 32.5 Å². The molecule has 0 aliphatic rings. The summed E-state index contributed by atoms with van der Waals surface area (Å²) in [5.41, 5.74) is 6.07. The number of anilines is 1. The van der Waals surface area contributed by atoms with Crippen LogP contribution in [0.1, 0.15) is 0 Å². The number of aliphatic hydroxyl groups excluding tert-OH is 1. The summed E-state index contributed by atoms with van der Waals surface area (Å²) in [7, 11) is 1.29. The number of alkyl halides is 3. The van der Waals surface area contributed by atoms with Gasteiger partial charge in [0.2, 0.25) is 0 Å². The van der Waals surface area contributed by atoms with Gasteiger partial charge in [0, 0.05) is 12.2 Å². The van der Waals surface area contributed by atoms with Crippen molar-refractivity contribution < 1.29 is 23.0 Å². The molecule has 108 valence electrons. The summed E-state index contributed by atoms with van der Waals surface area (Å²) in [6.45, 7) is -1.26. The van der Waals surface area contributed by atoms with Gasteiger partial charge in [0.1, 0.15) is 18.5 Å². The molecular weight excluding hydrogens is 261 g/mol. The van der Waals surface area contributed by atoms with E-state index in [2.05, 4.69) is 0 Å². The fraction of sp³-hybridized carbons (Fsp3) is 0.500. The molecule has 0 aliphatic carbocycles. The average Bonchev–Trinajstić information content (AvgIpc) is 2.25. The molecule has 1 rings (SSSR count). The molecule has 0 aromatic heterocycles. The smallest absolute Gasteiger partial charge is 0.401 e. The van der Waals surface area contributed by atoms with Gasteiger partial charge >= 0.3 is 6.18 Å². The second-order valence-corrected chi connectivity index (χ2v) is 4.35. The number of ether oxygens (including phenoxy) is 1. The van der Waals surface area contributed by atoms with Crippen LogP contribution in [0.15, 0.2) is 24.3 Å². The minimum atomic E-state index is -4.27. The molecule has 0 bridgehead atoms. The minimum absolute atomic E-state index is 0.0773. The zero-order valence-corrected chi connectivity index (χ0v) is 10.5.